The van der Waals surface area contributed by atoms with Gasteiger partial charge in [0.2, 0.25) is 41.4 Å². The minimum Gasteiger partial charge on any atom is -0.481 e. The maximum absolute atomic E-state index is 15.4. The summed E-state index contributed by atoms with van der Waals surface area (Å²) >= 11 is 0. The van der Waals surface area contributed by atoms with Crippen molar-refractivity contribution < 1.29 is 86.3 Å². The van der Waals surface area contributed by atoms with Crippen LogP contribution in [0.15, 0.2) is 47.3 Å². The van der Waals surface area contributed by atoms with E-state index in [-0.39, 0.29) is 165 Å². The minimum absolute atomic E-state index is 0.00306. The number of carbonyl (C=O) groups excluding carboxylic acids is 11. The van der Waals surface area contributed by atoms with Gasteiger partial charge in [-0.2, -0.15) is 0 Å². The van der Waals surface area contributed by atoms with Crippen LogP contribution >= 0.6 is 0 Å². The number of aliphatic carboxylic acids is 1. The van der Waals surface area contributed by atoms with Gasteiger partial charge in [0.25, 0.3) is 5.56 Å². The van der Waals surface area contributed by atoms with E-state index in [9.17, 15) is 72.5 Å². The van der Waals surface area contributed by atoms with E-state index in [1.807, 2.05) is 0 Å². The Morgan fingerprint density at radius 3 is 2.24 bits per heavy atom. The molecule has 0 bridgehead atoms. The van der Waals surface area contributed by atoms with Crippen molar-refractivity contribution in [1.82, 2.24) is 41.0 Å². The summed E-state index contributed by atoms with van der Waals surface area (Å²) < 4.78 is 33.0. The van der Waals surface area contributed by atoms with Crippen LogP contribution in [0.25, 0.3) is 22.3 Å². The van der Waals surface area contributed by atoms with Crippen molar-refractivity contribution in [2.24, 2.45) is 11.8 Å². The average molecular weight is 1280 g/mol. The topological polar surface area (TPSA) is 371 Å². The van der Waals surface area contributed by atoms with E-state index >= 15 is 4.39 Å². The number of imide groups is 1. The molecule has 0 radical (unpaired) electrons. The number of cyclic esters (lactones) is 1. The van der Waals surface area contributed by atoms with Gasteiger partial charge < -0.3 is 55.6 Å². The molecule has 8 rings (SSSR count). The molecule has 4 aromatic rings. The number of carboxylic acids is 1. The SMILES string of the molecule is CC[C@@]1(O)C(=O)OCc2c1cc1n(c2=O)Cc2c-1nc1cc(F)c(C)c3c1c2[C@@H](NC(=O)CCCNC(=O)CCC(=O)[C@H](Cc1ccccc1)NC(=O)CCC(=O)CNC(=O)[C@H](CC(=O)O)CC(=O)CCOCCOCCNC(=O)CCN1C(=O)CC(C)C1=O)CC3. The number of rotatable bonds is 35. The molecule has 26 nitrogen and oxygen atoms in total. The van der Waals surface area contributed by atoms with Crippen LogP contribution in [0.2, 0.25) is 0 Å². The van der Waals surface area contributed by atoms with Gasteiger partial charge in [0.1, 0.15) is 18.2 Å². The molecule has 5 atom stereocenters. The summed E-state index contributed by atoms with van der Waals surface area (Å²) in [7, 11) is 0. The van der Waals surface area contributed by atoms with Crippen molar-refractivity contribution in [3.63, 3.8) is 0 Å². The number of carboxylic acid groups (broad SMARTS) is 1. The normalized spacial score (nSPS) is 17.6. The molecule has 492 valence electrons. The number of pyridine rings is 2. The van der Waals surface area contributed by atoms with E-state index in [0.29, 0.717) is 57.4 Å². The van der Waals surface area contributed by atoms with Crippen LogP contribution < -0.4 is 32.1 Å². The number of likely N-dealkylation sites (tertiary alicyclic amines) is 1. The van der Waals surface area contributed by atoms with Crippen LogP contribution in [0.3, 0.4) is 0 Å². The number of ether oxygens (including phenoxy) is 3. The van der Waals surface area contributed by atoms with E-state index < -0.39 is 107 Å². The van der Waals surface area contributed by atoms with E-state index in [0.717, 1.165) is 10.5 Å². The molecule has 1 fully saturated rings. The van der Waals surface area contributed by atoms with Gasteiger partial charge in [-0.05, 0) is 67.3 Å². The third-order valence-corrected chi connectivity index (χ3v) is 17.1. The lowest BCUT2D eigenvalue weighted by Gasteiger charge is -2.31. The number of benzene rings is 2. The number of hydrogen-bond acceptors (Lipinski definition) is 18. The predicted molar refractivity (Wildman–Crippen MR) is 324 cm³/mol. The second-order valence-corrected chi connectivity index (χ2v) is 23.6. The number of aliphatic hydroxyl groups is 1. The summed E-state index contributed by atoms with van der Waals surface area (Å²) in [6.45, 7) is 4.68. The lowest BCUT2D eigenvalue weighted by molar-refractivity contribution is -0.172. The second-order valence-electron chi connectivity index (χ2n) is 23.6. The van der Waals surface area contributed by atoms with Gasteiger partial charge in [0, 0.05) is 106 Å². The highest BCUT2D eigenvalue weighted by atomic mass is 19.1. The Bertz CT molecular complexity index is 3630. The molecule has 3 aliphatic heterocycles. The molecular weight excluding hydrogens is 1200 g/mol. The van der Waals surface area contributed by atoms with Gasteiger partial charge in [-0.3, -0.25) is 62.4 Å². The van der Waals surface area contributed by atoms with Gasteiger partial charge in [-0.1, -0.05) is 44.2 Å². The first-order chi connectivity index (χ1) is 44.0. The Labute approximate surface area is 528 Å². The fraction of sp³-hybridized carbons (Fsp3) is 0.508. The maximum Gasteiger partial charge on any atom is 0.343 e. The highest BCUT2D eigenvalue weighted by Gasteiger charge is 2.46. The largest absolute Gasteiger partial charge is 0.481 e. The van der Waals surface area contributed by atoms with Crippen molar-refractivity contribution in [1.29, 1.82) is 0 Å². The van der Waals surface area contributed by atoms with Crippen molar-refractivity contribution in [2.45, 2.75) is 148 Å². The van der Waals surface area contributed by atoms with Crippen molar-refractivity contribution in [3.8, 4) is 11.4 Å². The monoisotopic (exact) mass is 1280 g/mol. The second kappa shape index (κ2) is 31.4. The Balaban J connectivity index is 0.741. The predicted octanol–water partition coefficient (Wildman–Crippen LogP) is 2.44. The lowest BCUT2D eigenvalue weighted by Crippen LogP contribution is -2.44. The molecule has 0 saturated carbocycles. The highest BCUT2D eigenvalue weighted by Crippen LogP contribution is 2.46. The van der Waals surface area contributed by atoms with E-state index in [4.69, 9.17) is 19.2 Å². The number of esters is 1. The number of hydrogen-bond donors (Lipinski definition) is 7. The molecule has 2 aromatic heterocycles. The van der Waals surface area contributed by atoms with Gasteiger partial charge >= 0.3 is 11.9 Å². The smallest absolute Gasteiger partial charge is 0.343 e. The van der Waals surface area contributed by atoms with Crippen LogP contribution in [0.5, 0.6) is 0 Å². The zero-order chi connectivity index (χ0) is 66.4. The van der Waals surface area contributed by atoms with Crippen LogP contribution in [0.1, 0.15) is 142 Å². The van der Waals surface area contributed by atoms with E-state index in [1.165, 1.54) is 10.6 Å². The molecular formula is C65H77FN8O18. The van der Waals surface area contributed by atoms with E-state index in [1.54, 1.807) is 57.2 Å². The summed E-state index contributed by atoms with van der Waals surface area (Å²) in [5.74, 6) is -9.19. The summed E-state index contributed by atoms with van der Waals surface area (Å²) in [4.78, 5) is 173. The lowest BCUT2D eigenvalue weighted by atomic mass is 9.81. The van der Waals surface area contributed by atoms with Crippen LogP contribution in [0, 0.1) is 24.6 Å². The molecule has 1 unspecified atom stereocenters. The molecule has 7 amide bonds. The van der Waals surface area contributed by atoms with Crippen LogP contribution in [0.4, 0.5) is 4.39 Å². The third-order valence-electron chi connectivity index (χ3n) is 17.1. The summed E-state index contributed by atoms with van der Waals surface area (Å²) in [5, 5.41) is 35.0. The summed E-state index contributed by atoms with van der Waals surface area (Å²) in [6.07, 6.45) is -1.39. The number of ketones is 3. The van der Waals surface area contributed by atoms with Crippen LogP contribution in [-0.4, -0.2) is 154 Å². The zero-order valence-electron chi connectivity index (χ0n) is 51.7. The maximum atomic E-state index is 15.4. The number of carbonyl (C=O) groups is 12. The molecule has 2 aromatic carbocycles. The van der Waals surface area contributed by atoms with Crippen LogP contribution in [-0.2, 0) is 103 Å². The minimum atomic E-state index is -2.06. The fourth-order valence-electron chi connectivity index (χ4n) is 12.0. The molecule has 4 aliphatic rings. The molecule has 92 heavy (non-hydrogen) atoms. The number of aryl methyl sites for hydroxylation is 1. The Kier molecular flexibility index (Phi) is 23.5. The number of nitrogens with one attached hydrogen (secondary N) is 5. The van der Waals surface area contributed by atoms with Gasteiger partial charge in [-0.15, -0.1) is 0 Å². The van der Waals surface area contributed by atoms with Gasteiger partial charge in [0.15, 0.2) is 17.2 Å². The van der Waals surface area contributed by atoms with Gasteiger partial charge in [0.05, 0.1) is 86.4 Å². The zero-order valence-corrected chi connectivity index (χ0v) is 51.7. The van der Waals surface area contributed by atoms with E-state index in [2.05, 4.69) is 26.6 Å². The first-order valence-electron chi connectivity index (χ1n) is 31.0. The van der Waals surface area contributed by atoms with Gasteiger partial charge in [-0.25, -0.2) is 14.2 Å². The van der Waals surface area contributed by atoms with Crippen molar-refractivity contribution in [2.75, 3.05) is 52.6 Å². The Morgan fingerprint density at radius 1 is 0.804 bits per heavy atom. The third kappa shape index (κ3) is 16.9. The highest BCUT2D eigenvalue weighted by molar-refractivity contribution is 6.03. The fourth-order valence-corrected chi connectivity index (χ4v) is 12.0. The molecule has 1 saturated heterocycles. The molecule has 5 heterocycles. The number of aromatic nitrogens is 2. The summed E-state index contributed by atoms with van der Waals surface area (Å²) in [5.41, 5.74) is 2.01. The Morgan fingerprint density at radius 2 is 1.52 bits per heavy atom. The number of amides is 7. The Hall–Kier alpha value is -8.95. The quantitative estimate of drug-likeness (QED) is 0.0174. The number of nitrogens with zero attached hydrogens (tertiary/aromatic N) is 3. The number of Topliss-reactive ketones (excluding diaryl/α,β-unsaturated/α-hetero) is 3. The molecule has 0 spiro atoms. The number of fused-ring (bicyclic) bond motifs is 5. The molecule has 7 N–H and O–H groups in total. The summed E-state index contributed by atoms with van der Waals surface area (Å²) in [6, 6.07) is 10.0. The average Bonchev–Trinajstić information content (AvgIpc) is 1.48. The van der Waals surface area contributed by atoms with Crippen molar-refractivity contribution in [3.05, 3.63) is 97.6 Å². The van der Waals surface area contributed by atoms with Crippen molar-refractivity contribution >= 4 is 81.5 Å². The molecule has 27 heteroatoms. The standard InChI is InChI=1S/C65H77FN8O18/c1-4-65(89)45-31-50-60-43(34-74(50)63(87)44(45)35-92-64(65)88)59-47(14-13-42-37(3)46(66)32-49(72-60)58(42)59)70-54(80)11-8-20-67-52(78)17-15-51(77)48(28-38-9-6-5-7-10-38)71-55(81)16-12-41(76)33-69-61(85)39(30-57(83)84)29-40(75)19-23-90-25-26-91-24-21-68-53(79)18-22-73-56(82)27-36(2)62(73)86/h5-7,9-10,31-32,36,39,47-48,89H,4,8,11-30,33-35H2,1-3H3,(H,67,78)(H,68,79)(H,69,85)(H,70,80)(H,71,81)(H,83,84)/t36?,39-,47-,48-,65-/m0/s1. The number of halogens is 1. The first kappa shape index (κ1) is 68.9. The molecule has 1 aliphatic carbocycles. The first-order valence-corrected chi connectivity index (χ1v) is 31.0.